The van der Waals surface area contributed by atoms with Crippen molar-refractivity contribution in [3.8, 4) is 22.3 Å². The third-order valence-corrected chi connectivity index (χ3v) is 8.39. The van der Waals surface area contributed by atoms with Crippen molar-refractivity contribution < 1.29 is 0 Å². The number of fused-ring (bicyclic) bond motifs is 11. The summed E-state index contributed by atoms with van der Waals surface area (Å²) in [6.45, 7) is 0. The van der Waals surface area contributed by atoms with E-state index >= 15 is 0 Å². The molecule has 3 aromatic carbocycles. The van der Waals surface area contributed by atoms with Crippen molar-refractivity contribution in [2.75, 3.05) is 4.90 Å². The fourth-order valence-electron chi connectivity index (χ4n) is 6.94. The van der Waals surface area contributed by atoms with Crippen LogP contribution in [0.3, 0.4) is 0 Å². The molecular formula is C32H21N3. The molecule has 0 fully saturated rings. The Balaban J connectivity index is 1.28. The van der Waals surface area contributed by atoms with Crippen LogP contribution in [0.25, 0.3) is 22.3 Å². The number of hydrogen-bond acceptors (Lipinski definition) is 3. The average molecular weight is 448 g/mol. The van der Waals surface area contributed by atoms with Gasteiger partial charge in [0.1, 0.15) is 5.82 Å². The van der Waals surface area contributed by atoms with Gasteiger partial charge in [-0.3, -0.25) is 9.88 Å². The number of pyridine rings is 2. The first-order valence-corrected chi connectivity index (χ1v) is 12.4. The Morgan fingerprint density at radius 2 is 1.49 bits per heavy atom. The first-order chi connectivity index (χ1) is 17.3. The summed E-state index contributed by atoms with van der Waals surface area (Å²) in [6, 6.07) is 25.0. The van der Waals surface area contributed by atoms with E-state index < -0.39 is 0 Å². The number of hydrogen-bond donors (Lipinski definition) is 0. The van der Waals surface area contributed by atoms with Crippen LogP contribution in [0, 0.1) is 0 Å². The van der Waals surface area contributed by atoms with Gasteiger partial charge >= 0.3 is 0 Å². The summed E-state index contributed by atoms with van der Waals surface area (Å²) in [5.74, 6) is 1.05. The Morgan fingerprint density at radius 3 is 2.49 bits per heavy atom. The van der Waals surface area contributed by atoms with E-state index in [1.807, 2.05) is 18.5 Å². The molecule has 0 radical (unpaired) electrons. The van der Waals surface area contributed by atoms with Gasteiger partial charge in [0.05, 0.1) is 17.1 Å². The first kappa shape index (κ1) is 18.1. The molecule has 3 heteroatoms. The van der Waals surface area contributed by atoms with Crippen molar-refractivity contribution in [1.82, 2.24) is 9.97 Å². The molecule has 2 aliphatic heterocycles. The Kier molecular flexibility index (Phi) is 3.24. The lowest BCUT2D eigenvalue weighted by atomic mass is 9.89. The average Bonchev–Trinajstić information content (AvgIpc) is 3.45. The summed E-state index contributed by atoms with van der Waals surface area (Å²) in [7, 11) is 0. The van der Waals surface area contributed by atoms with Crippen molar-refractivity contribution in [2.24, 2.45) is 0 Å². The zero-order valence-electron chi connectivity index (χ0n) is 19.2. The van der Waals surface area contributed by atoms with E-state index in [0.717, 1.165) is 37.2 Å². The molecule has 2 aliphatic carbocycles. The van der Waals surface area contributed by atoms with Gasteiger partial charge in [0.15, 0.2) is 0 Å². The molecule has 0 saturated heterocycles. The van der Waals surface area contributed by atoms with Gasteiger partial charge in [-0.25, -0.2) is 4.98 Å². The van der Waals surface area contributed by atoms with Gasteiger partial charge in [-0.05, 0) is 92.2 Å². The minimum absolute atomic E-state index is 0.877. The Morgan fingerprint density at radius 1 is 0.571 bits per heavy atom. The van der Waals surface area contributed by atoms with Gasteiger partial charge in [0, 0.05) is 25.2 Å². The number of anilines is 3. The molecule has 5 aromatic rings. The molecule has 0 N–H and O–H groups in total. The van der Waals surface area contributed by atoms with Crippen molar-refractivity contribution in [2.45, 2.75) is 25.7 Å². The van der Waals surface area contributed by atoms with Crippen LogP contribution in [0.2, 0.25) is 0 Å². The lowest BCUT2D eigenvalue weighted by molar-refractivity contribution is 0.940. The third kappa shape index (κ3) is 2.26. The van der Waals surface area contributed by atoms with Crippen LogP contribution < -0.4 is 4.90 Å². The van der Waals surface area contributed by atoms with E-state index in [4.69, 9.17) is 9.97 Å². The van der Waals surface area contributed by atoms with Crippen LogP contribution >= 0.6 is 0 Å². The van der Waals surface area contributed by atoms with Crippen LogP contribution in [0.4, 0.5) is 17.2 Å². The highest BCUT2D eigenvalue weighted by Crippen LogP contribution is 2.53. The first-order valence-electron chi connectivity index (χ1n) is 12.4. The highest BCUT2D eigenvalue weighted by molar-refractivity contribution is 5.94. The van der Waals surface area contributed by atoms with Gasteiger partial charge in [-0.2, -0.15) is 0 Å². The molecule has 4 aliphatic rings. The molecule has 0 unspecified atom stereocenters. The number of rotatable bonds is 0. The summed E-state index contributed by atoms with van der Waals surface area (Å²) in [5, 5.41) is 0. The predicted octanol–water partition coefficient (Wildman–Crippen LogP) is 6.90. The molecule has 0 saturated carbocycles. The monoisotopic (exact) mass is 447 g/mol. The smallest absolute Gasteiger partial charge is 0.141 e. The second-order valence-electron chi connectivity index (χ2n) is 10.2. The molecule has 3 nitrogen and oxygen atoms in total. The molecule has 2 aromatic heterocycles. The molecule has 164 valence electrons. The molecule has 9 rings (SSSR count). The van der Waals surface area contributed by atoms with Gasteiger partial charge < -0.3 is 0 Å². The SMILES string of the molecule is c1ccc2c(c1)Cc1ccc3c(c1-2)Cc1cc2c(cc1-3)N1c3ncccc3Cc3ccnc(c31)C2. The quantitative estimate of drug-likeness (QED) is 0.253. The molecule has 0 amide bonds. The zero-order valence-corrected chi connectivity index (χ0v) is 19.2. The summed E-state index contributed by atoms with van der Waals surface area (Å²) >= 11 is 0. The van der Waals surface area contributed by atoms with Gasteiger partial charge in [0.2, 0.25) is 0 Å². The third-order valence-electron chi connectivity index (χ3n) is 8.39. The largest absolute Gasteiger partial charge is 0.292 e. The van der Waals surface area contributed by atoms with Crippen LogP contribution in [0.15, 0.2) is 79.1 Å². The van der Waals surface area contributed by atoms with E-state index in [0.29, 0.717) is 0 Å². The maximum Gasteiger partial charge on any atom is 0.141 e. The summed E-state index contributed by atoms with van der Waals surface area (Å²) in [6.07, 6.45) is 7.73. The molecular weight excluding hydrogens is 426 g/mol. The predicted molar refractivity (Wildman–Crippen MR) is 139 cm³/mol. The lowest BCUT2D eigenvalue weighted by Gasteiger charge is -2.38. The van der Waals surface area contributed by atoms with Crippen molar-refractivity contribution in [3.63, 3.8) is 0 Å². The van der Waals surface area contributed by atoms with E-state index in [1.54, 1.807) is 0 Å². The Hall–Kier alpha value is -4.24. The van der Waals surface area contributed by atoms with E-state index in [-0.39, 0.29) is 0 Å². The highest BCUT2D eigenvalue weighted by atomic mass is 15.2. The molecule has 0 bridgehead atoms. The summed E-state index contributed by atoms with van der Waals surface area (Å²) < 4.78 is 0. The van der Waals surface area contributed by atoms with Gasteiger partial charge in [0.25, 0.3) is 0 Å². The van der Waals surface area contributed by atoms with Gasteiger partial charge in [-0.15, -0.1) is 0 Å². The highest BCUT2D eigenvalue weighted by Gasteiger charge is 2.35. The topological polar surface area (TPSA) is 29.0 Å². The van der Waals surface area contributed by atoms with Gasteiger partial charge in [-0.1, -0.05) is 48.5 Å². The number of aromatic nitrogens is 2. The zero-order chi connectivity index (χ0) is 22.7. The fraction of sp³-hybridized carbons (Fsp3) is 0.125. The normalized spacial score (nSPS) is 14.9. The minimum Gasteiger partial charge on any atom is -0.292 e. The summed E-state index contributed by atoms with van der Waals surface area (Å²) in [4.78, 5) is 12.1. The van der Waals surface area contributed by atoms with E-state index in [1.165, 1.54) is 72.6 Å². The molecule has 35 heavy (non-hydrogen) atoms. The molecule has 0 spiro atoms. The van der Waals surface area contributed by atoms with Crippen LogP contribution in [-0.4, -0.2) is 9.97 Å². The molecule has 4 heterocycles. The fourth-order valence-corrected chi connectivity index (χ4v) is 6.94. The standard InChI is InChI=1S/C32H21N3/c1-2-6-24-18(4-1)12-19-7-8-25-26-17-29-23(14-22(26)15-27(25)30(19)24)16-28-31-20(9-11-33-28)13-21-5-3-10-34-32(21)35(29)31/h1-11,14,17H,12-13,15-16H2. The second kappa shape index (κ2) is 6.25. The summed E-state index contributed by atoms with van der Waals surface area (Å²) in [5.41, 5.74) is 19.2. The second-order valence-corrected chi connectivity index (χ2v) is 10.2. The van der Waals surface area contributed by atoms with E-state index in [9.17, 15) is 0 Å². The van der Waals surface area contributed by atoms with Crippen LogP contribution in [0.5, 0.6) is 0 Å². The minimum atomic E-state index is 0.877. The Labute approximate surface area is 203 Å². The lowest BCUT2D eigenvalue weighted by Crippen LogP contribution is -2.26. The van der Waals surface area contributed by atoms with Crippen molar-refractivity contribution >= 4 is 17.2 Å². The van der Waals surface area contributed by atoms with E-state index in [2.05, 4.69) is 65.6 Å². The van der Waals surface area contributed by atoms with Crippen LogP contribution in [-0.2, 0) is 25.7 Å². The Bertz CT molecular complexity index is 1760. The maximum atomic E-state index is 4.85. The number of benzene rings is 3. The molecule has 0 atom stereocenters. The van der Waals surface area contributed by atoms with Crippen LogP contribution in [0.1, 0.15) is 44.6 Å². The maximum absolute atomic E-state index is 4.85. The van der Waals surface area contributed by atoms with Crippen molar-refractivity contribution in [1.29, 1.82) is 0 Å². The number of nitrogens with zero attached hydrogens (tertiary/aromatic N) is 3. The van der Waals surface area contributed by atoms with Crippen molar-refractivity contribution in [3.05, 3.63) is 124 Å².